The van der Waals surface area contributed by atoms with Gasteiger partial charge in [-0.25, -0.2) is 4.39 Å². The van der Waals surface area contributed by atoms with Crippen molar-refractivity contribution in [3.63, 3.8) is 0 Å². The first-order valence-corrected chi connectivity index (χ1v) is 9.35. The number of likely N-dealkylation sites (N-methyl/N-ethyl adjacent to an activating group) is 1. The molecule has 2 amide bonds. The van der Waals surface area contributed by atoms with Crippen LogP contribution in [0.5, 0.6) is 0 Å². The summed E-state index contributed by atoms with van der Waals surface area (Å²) in [4.78, 5) is 28.6. The summed E-state index contributed by atoms with van der Waals surface area (Å²) in [5, 5.41) is 5.27. The van der Waals surface area contributed by atoms with Crippen molar-refractivity contribution in [2.75, 3.05) is 50.0 Å². The van der Waals surface area contributed by atoms with E-state index in [1.54, 1.807) is 18.2 Å². The van der Waals surface area contributed by atoms with Gasteiger partial charge in [0, 0.05) is 37.6 Å². The van der Waals surface area contributed by atoms with Gasteiger partial charge in [-0.1, -0.05) is 18.2 Å². The molecule has 0 unspecified atom stereocenters. The standard InChI is InChI=1S/C21H25FN4O2/c1-25-10-12-26(13-11-25)18-8-6-17(7-9-18)24-21(28)15-23-20(27)14-16-4-2-3-5-19(16)22/h2-9H,10-15H2,1H3,(H,23,27)(H,24,28). The van der Waals surface area contributed by atoms with Crippen LogP contribution in [-0.2, 0) is 16.0 Å². The Labute approximate surface area is 164 Å². The molecule has 1 aliphatic heterocycles. The van der Waals surface area contributed by atoms with E-state index in [9.17, 15) is 14.0 Å². The number of nitrogens with zero attached hydrogens (tertiary/aromatic N) is 2. The van der Waals surface area contributed by atoms with Crippen molar-refractivity contribution in [2.24, 2.45) is 0 Å². The number of halogens is 1. The van der Waals surface area contributed by atoms with E-state index in [0.29, 0.717) is 11.3 Å². The zero-order valence-corrected chi connectivity index (χ0v) is 16.0. The average molecular weight is 384 g/mol. The molecule has 1 aliphatic rings. The monoisotopic (exact) mass is 384 g/mol. The van der Waals surface area contributed by atoms with Crippen LogP contribution in [0.4, 0.5) is 15.8 Å². The van der Waals surface area contributed by atoms with Gasteiger partial charge >= 0.3 is 0 Å². The largest absolute Gasteiger partial charge is 0.369 e. The molecule has 6 nitrogen and oxygen atoms in total. The maximum absolute atomic E-state index is 13.6. The summed E-state index contributed by atoms with van der Waals surface area (Å²) in [6, 6.07) is 13.8. The molecule has 28 heavy (non-hydrogen) atoms. The lowest BCUT2D eigenvalue weighted by Gasteiger charge is -2.34. The molecule has 0 bridgehead atoms. The van der Waals surface area contributed by atoms with Gasteiger partial charge in [0.1, 0.15) is 5.82 Å². The van der Waals surface area contributed by atoms with Gasteiger partial charge in [0.2, 0.25) is 11.8 Å². The fourth-order valence-corrected chi connectivity index (χ4v) is 3.08. The molecule has 0 saturated carbocycles. The van der Waals surface area contributed by atoms with Crippen LogP contribution in [0.3, 0.4) is 0 Å². The number of carbonyl (C=O) groups is 2. The molecule has 148 valence electrons. The highest BCUT2D eigenvalue weighted by Gasteiger charge is 2.14. The van der Waals surface area contributed by atoms with E-state index >= 15 is 0 Å². The highest BCUT2D eigenvalue weighted by Crippen LogP contribution is 2.19. The second-order valence-corrected chi connectivity index (χ2v) is 6.93. The van der Waals surface area contributed by atoms with Gasteiger partial charge in [0.15, 0.2) is 0 Å². The van der Waals surface area contributed by atoms with Crippen molar-refractivity contribution in [1.29, 1.82) is 0 Å². The predicted octanol–water partition coefficient (Wildman–Crippen LogP) is 1.87. The molecule has 1 heterocycles. The lowest BCUT2D eigenvalue weighted by Crippen LogP contribution is -2.44. The van der Waals surface area contributed by atoms with Crippen molar-refractivity contribution < 1.29 is 14.0 Å². The first-order valence-electron chi connectivity index (χ1n) is 9.35. The van der Waals surface area contributed by atoms with Crippen molar-refractivity contribution in [2.45, 2.75) is 6.42 Å². The molecule has 2 aromatic rings. The Morgan fingerprint density at radius 1 is 0.964 bits per heavy atom. The van der Waals surface area contributed by atoms with Crippen molar-refractivity contribution >= 4 is 23.2 Å². The minimum Gasteiger partial charge on any atom is -0.369 e. The zero-order valence-electron chi connectivity index (χ0n) is 16.0. The number of carbonyl (C=O) groups excluding carboxylic acids is 2. The predicted molar refractivity (Wildman–Crippen MR) is 108 cm³/mol. The van der Waals surface area contributed by atoms with Crippen LogP contribution in [-0.4, -0.2) is 56.5 Å². The Hall–Kier alpha value is -2.93. The van der Waals surface area contributed by atoms with Gasteiger partial charge in [0.05, 0.1) is 13.0 Å². The fraction of sp³-hybridized carbons (Fsp3) is 0.333. The van der Waals surface area contributed by atoms with Crippen LogP contribution < -0.4 is 15.5 Å². The average Bonchev–Trinajstić information content (AvgIpc) is 2.69. The number of piperazine rings is 1. The SMILES string of the molecule is CN1CCN(c2ccc(NC(=O)CNC(=O)Cc3ccccc3F)cc2)CC1. The zero-order chi connectivity index (χ0) is 19.9. The first-order chi connectivity index (χ1) is 13.5. The molecule has 2 N–H and O–H groups in total. The van der Waals surface area contributed by atoms with Crippen LogP contribution in [0.1, 0.15) is 5.56 Å². The fourth-order valence-electron chi connectivity index (χ4n) is 3.08. The van der Waals surface area contributed by atoms with Gasteiger partial charge in [-0.05, 0) is 42.9 Å². The number of benzene rings is 2. The van der Waals surface area contributed by atoms with Gasteiger partial charge in [0.25, 0.3) is 0 Å². The third kappa shape index (κ3) is 5.53. The van der Waals surface area contributed by atoms with Crippen molar-refractivity contribution in [1.82, 2.24) is 10.2 Å². The van der Waals surface area contributed by atoms with E-state index in [2.05, 4.69) is 27.5 Å². The summed E-state index contributed by atoms with van der Waals surface area (Å²) in [5.74, 6) is -1.15. The highest BCUT2D eigenvalue weighted by atomic mass is 19.1. The third-order valence-electron chi connectivity index (χ3n) is 4.77. The third-order valence-corrected chi connectivity index (χ3v) is 4.77. The van der Waals surface area contributed by atoms with E-state index < -0.39 is 11.7 Å². The molecule has 0 atom stereocenters. The Morgan fingerprint density at radius 3 is 2.32 bits per heavy atom. The van der Waals surface area contributed by atoms with E-state index in [1.807, 2.05) is 24.3 Å². The minimum atomic E-state index is -0.428. The van der Waals surface area contributed by atoms with E-state index in [1.165, 1.54) is 6.07 Å². The molecule has 1 fully saturated rings. The number of nitrogens with one attached hydrogen (secondary N) is 2. The Bertz CT molecular complexity index is 817. The molecule has 7 heteroatoms. The minimum absolute atomic E-state index is 0.0975. The van der Waals surface area contributed by atoms with Crippen LogP contribution in [0.25, 0.3) is 0 Å². The van der Waals surface area contributed by atoms with Gasteiger partial charge in [-0.2, -0.15) is 0 Å². The van der Waals surface area contributed by atoms with Crippen LogP contribution >= 0.6 is 0 Å². The Balaban J connectivity index is 1.44. The van der Waals surface area contributed by atoms with E-state index in [-0.39, 0.29) is 18.9 Å². The van der Waals surface area contributed by atoms with E-state index in [4.69, 9.17) is 0 Å². The smallest absolute Gasteiger partial charge is 0.243 e. The van der Waals surface area contributed by atoms with Crippen LogP contribution in [0.15, 0.2) is 48.5 Å². The Morgan fingerprint density at radius 2 is 1.64 bits per heavy atom. The summed E-state index contributed by atoms with van der Waals surface area (Å²) in [7, 11) is 2.12. The summed E-state index contributed by atoms with van der Waals surface area (Å²) >= 11 is 0. The van der Waals surface area contributed by atoms with Gasteiger partial charge < -0.3 is 20.4 Å². The molecule has 2 aromatic carbocycles. The highest BCUT2D eigenvalue weighted by molar-refractivity contribution is 5.94. The lowest BCUT2D eigenvalue weighted by molar-refractivity contribution is -0.123. The molecular formula is C21H25FN4O2. The normalized spacial score (nSPS) is 14.6. The summed E-state index contributed by atoms with van der Waals surface area (Å²) < 4.78 is 13.6. The maximum Gasteiger partial charge on any atom is 0.243 e. The summed E-state index contributed by atoms with van der Waals surface area (Å²) in [6.45, 7) is 3.87. The summed E-state index contributed by atoms with van der Waals surface area (Å²) in [6.07, 6.45) is -0.0975. The molecular weight excluding hydrogens is 359 g/mol. The second kappa shape index (κ2) is 9.32. The van der Waals surface area contributed by atoms with Crippen LogP contribution in [0.2, 0.25) is 0 Å². The number of amides is 2. The molecule has 0 aromatic heterocycles. The lowest BCUT2D eigenvalue weighted by atomic mass is 10.1. The first kappa shape index (κ1) is 19.8. The quantitative estimate of drug-likeness (QED) is 0.798. The van der Waals surface area contributed by atoms with Gasteiger partial charge in [-0.15, -0.1) is 0 Å². The number of anilines is 2. The molecule has 0 aliphatic carbocycles. The number of hydrogen-bond donors (Lipinski definition) is 2. The van der Waals surface area contributed by atoms with Crippen molar-refractivity contribution in [3.05, 3.63) is 59.9 Å². The number of rotatable bonds is 6. The molecule has 1 saturated heterocycles. The maximum atomic E-state index is 13.6. The van der Waals surface area contributed by atoms with Crippen molar-refractivity contribution in [3.8, 4) is 0 Å². The molecule has 0 radical (unpaired) electrons. The second-order valence-electron chi connectivity index (χ2n) is 6.93. The van der Waals surface area contributed by atoms with Crippen LogP contribution in [0, 0.1) is 5.82 Å². The number of hydrogen-bond acceptors (Lipinski definition) is 4. The van der Waals surface area contributed by atoms with E-state index in [0.717, 1.165) is 31.9 Å². The summed E-state index contributed by atoms with van der Waals surface area (Å²) in [5.41, 5.74) is 2.11. The molecule has 3 rings (SSSR count). The van der Waals surface area contributed by atoms with Gasteiger partial charge in [-0.3, -0.25) is 9.59 Å². The molecule has 0 spiro atoms. The Kier molecular flexibility index (Phi) is 6.60. The topological polar surface area (TPSA) is 64.7 Å².